The molecular weight excluding hydrogens is 376 g/mol. The zero-order valence-corrected chi connectivity index (χ0v) is 15.7. The van der Waals surface area contributed by atoms with Gasteiger partial charge in [0, 0.05) is 4.88 Å². The van der Waals surface area contributed by atoms with Gasteiger partial charge >= 0.3 is 0 Å². The Bertz CT molecular complexity index is 710. The lowest BCUT2D eigenvalue weighted by molar-refractivity contribution is -0.123. The molecule has 122 valence electrons. The number of hydrogen-bond donors (Lipinski definition) is 1. The van der Waals surface area contributed by atoms with Crippen LogP contribution in [0.4, 0.5) is 0 Å². The largest absolute Gasteiger partial charge is 0.483 e. The first kappa shape index (κ1) is 17.7. The van der Waals surface area contributed by atoms with Gasteiger partial charge in [0.25, 0.3) is 5.91 Å². The van der Waals surface area contributed by atoms with Crippen LogP contribution in [0.5, 0.6) is 5.75 Å². The number of ether oxygens (including phenoxy) is 1. The molecule has 1 heterocycles. The van der Waals surface area contributed by atoms with Gasteiger partial charge in [-0.25, -0.2) is 5.43 Å². The molecule has 0 aliphatic carbocycles. The van der Waals surface area contributed by atoms with Gasteiger partial charge in [-0.15, -0.1) is 11.3 Å². The molecule has 0 spiro atoms. The fourth-order valence-electron chi connectivity index (χ4n) is 1.85. The van der Waals surface area contributed by atoms with Crippen LogP contribution in [0, 0.1) is 6.92 Å². The average Bonchev–Trinajstić information content (AvgIpc) is 2.91. The minimum absolute atomic E-state index is 0.0829. The number of amides is 1. The number of nitrogens with one attached hydrogen (secondary N) is 1. The molecule has 0 bridgehead atoms. The van der Waals surface area contributed by atoms with Crippen molar-refractivity contribution in [2.24, 2.45) is 5.10 Å². The van der Waals surface area contributed by atoms with E-state index in [-0.39, 0.29) is 12.5 Å². The summed E-state index contributed by atoms with van der Waals surface area (Å²) in [6.45, 7) is 6.17. The molecule has 6 heteroatoms. The average molecular weight is 395 g/mol. The lowest BCUT2D eigenvalue weighted by Gasteiger charge is -2.10. The van der Waals surface area contributed by atoms with Gasteiger partial charge in [-0.05, 0) is 63.5 Å². The van der Waals surface area contributed by atoms with E-state index in [4.69, 9.17) is 4.74 Å². The van der Waals surface area contributed by atoms with Gasteiger partial charge in [0.1, 0.15) is 5.75 Å². The second-order valence-corrected chi connectivity index (χ2v) is 7.20. The number of rotatable bonds is 6. The summed E-state index contributed by atoms with van der Waals surface area (Å²) < 4.78 is 6.36. The standard InChI is InChI=1S/C17H19BrN2O2S/c1-11(2)13-4-5-15(14(18)8-13)22-10-17(21)20-19-9-16-12(3)6-7-23-16/h4-9,11H,10H2,1-3H3,(H,20,21)/b19-9+. The first-order valence-corrected chi connectivity index (χ1v) is 8.93. The number of halogens is 1. The number of carbonyl (C=O) groups is 1. The molecule has 0 radical (unpaired) electrons. The van der Waals surface area contributed by atoms with Crippen molar-refractivity contribution < 1.29 is 9.53 Å². The highest BCUT2D eigenvalue weighted by molar-refractivity contribution is 9.10. The molecule has 0 saturated carbocycles. The Hall–Kier alpha value is -1.66. The van der Waals surface area contributed by atoms with Crippen molar-refractivity contribution in [2.45, 2.75) is 26.7 Å². The number of hydrazone groups is 1. The molecule has 4 nitrogen and oxygen atoms in total. The third-order valence-corrected chi connectivity index (χ3v) is 4.83. The summed E-state index contributed by atoms with van der Waals surface area (Å²) in [4.78, 5) is 12.8. The number of hydrogen-bond acceptors (Lipinski definition) is 4. The smallest absolute Gasteiger partial charge is 0.277 e. The predicted octanol–water partition coefficient (Wildman–Crippen LogP) is 4.47. The lowest BCUT2D eigenvalue weighted by atomic mass is 10.0. The molecule has 0 aliphatic heterocycles. The SMILES string of the molecule is Cc1ccsc1/C=N/NC(=O)COc1ccc(C(C)C)cc1Br. The molecule has 2 rings (SSSR count). The summed E-state index contributed by atoms with van der Waals surface area (Å²) >= 11 is 5.05. The van der Waals surface area contributed by atoms with E-state index in [1.807, 2.05) is 36.6 Å². The van der Waals surface area contributed by atoms with E-state index in [2.05, 4.69) is 40.3 Å². The molecule has 1 amide bonds. The monoisotopic (exact) mass is 394 g/mol. The fourth-order valence-corrected chi connectivity index (χ4v) is 3.15. The van der Waals surface area contributed by atoms with Crippen molar-refractivity contribution in [1.29, 1.82) is 0 Å². The highest BCUT2D eigenvalue weighted by Crippen LogP contribution is 2.28. The molecule has 2 aromatic rings. The van der Waals surface area contributed by atoms with Gasteiger partial charge in [0.2, 0.25) is 0 Å². The molecule has 0 atom stereocenters. The van der Waals surface area contributed by atoms with Gasteiger partial charge in [0.05, 0.1) is 10.7 Å². The third-order valence-electron chi connectivity index (χ3n) is 3.25. The van der Waals surface area contributed by atoms with Crippen LogP contribution in [0.15, 0.2) is 39.2 Å². The van der Waals surface area contributed by atoms with Crippen LogP contribution < -0.4 is 10.2 Å². The van der Waals surface area contributed by atoms with Crippen LogP contribution >= 0.6 is 27.3 Å². The molecule has 23 heavy (non-hydrogen) atoms. The minimum atomic E-state index is -0.296. The normalized spacial score (nSPS) is 11.2. The van der Waals surface area contributed by atoms with Crippen LogP contribution in [-0.4, -0.2) is 18.7 Å². The van der Waals surface area contributed by atoms with E-state index in [0.29, 0.717) is 11.7 Å². The summed E-state index contributed by atoms with van der Waals surface area (Å²) in [6.07, 6.45) is 1.64. The predicted molar refractivity (Wildman–Crippen MR) is 98.5 cm³/mol. The Labute approximate surface area is 148 Å². The summed E-state index contributed by atoms with van der Waals surface area (Å²) in [5.41, 5.74) is 4.81. The molecule has 0 aliphatic rings. The summed E-state index contributed by atoms with van der Waals surface area (Å²) in [6, 6.07) is 7.89. The van der Waals surface area contributed by atoms with Crippen LogP contribution in [0.1, 0.15) is 35.8 Å². The molecule has 1 aromatic heterocycles. The maximum Gasteiger partial charge on any atom is 0.277 e. The summed E-state index contributed by atoms with van der Waals surface area (Å²) in [5, 5.41) is 5.93. The molecule has 0 unspecified atom stereocenters. The van der Waals surface area contributed by atoms with Crippen molar-refractivity contribution in [1.82, 2.24) is 5.43 Å². The van der Waals surface area contributed by atoms with Gasteiger partial charge in [0.15, 0.2) is 6.61 Å². The lowest BCUT2D eigenvalue weighted by Crippen LogP contribution is -2.24. The number of carbonyl (C=O) groups excluding carboxylic acids is 1. The second kappa shape index (κ2) is 8.26. The van der Waals surface area contributed by atoms with Crippen LogP contribution in [-0.2, 0) is 4.79 Å². The van der Waals surface area contributed by atoms with Crippen LogP contribution in [0.2, 0.25) is 0 Å². The molecule has 0 fully saturated rings. The summed E-state index contributed by atoms with van der Waals surface area (Å²) in [5.74, 6) is 0.789. The van der Waals surface area contributed by atoms with Gasteiger partial charge < -0.3 is 4.74 Å². The Balaban J connectivity index is 1.85. The molecule has 0 saturated heterocycles. The number of nitrogens with zero attached hydrogens (tertiary/aromatic N) is 1. The third kappa shape index (κ3) is 5.18. The highest BCUT2D eigenvalue weighted by Gasteiger charge is 2.07. The highest BCUT2D eigenvalue weighted by atomic mass is 79.9. The second-order valence-electron chi connectivity index (χ2n) is 5.39. The number of aryl methyl sites for hydroxylation is 1. The minimum Gasteiger partial charge on any atom is -0.483 e. The quantitative estimate of drug-likeness (QED) is 0.580. The Kier molecular flexibility index (Phi) is 6.36. The van der Waals surface area contributed by atoms with Crippen molar-refractivity contribution in [3.63, 3.8) is 0 Å². The molecular formula is C17H19BrN2O2S. The maximum absolute atomic E-state index is 11.8. The maximum atomic E-state index is 11.8. The Morgan fingerprint density at radius 3 is 2.83 bits per heavy atom. The van der Waals surface area contributed by atoms with E-state index >= 15 is 0 Å². The van der Waals surface area contributed by atoms with Crippen LogP contribution in [0.3, 0.4) is 0 Å². The fraction of sp³-hybridized carbons (Fsp3) is 0.294. The van der Waals surface area contributed by atoms with Crippen molar-refractivity contribution in [2.75, 3.05) is 6.61 Å². The van der Waals surface area contributed by atoms with Crippen molar-refractivity contribution in [3.8, 4) is 5.75 Å². The Morgan fingerprint density at radius 2 is 2.22 bits per heavy atom. The van der Waals surface area contributed by atoms with Gasteiger partial charge in [-0.1, -0.05) is 19.9 Å². The van der Waals surface area contributed by atoms with E-state index < -0.39 is 0 Å². The first-order chi connectivity index (χ1) is 11.0. The zero-order chi connectivity index (χ0) is 16.8. The molecule has 1 N–H and O–H groups in total. The van der Waals surface area contributed by atoms with E-state index in [1.54, 1.807) is 17.6 Å². The van der Waals surface area contributed by atoms with Crippen molar-refractivity contribution >= 4 is 39.4 Å². The topological polar surface area (TPSA) is 50.7 Å². The van der Waals surface area contributed by atoms with Gasteiger partial charge in [-0.2, -0.15) is 5.10 Å². The number of benzene rings is 1. The Morgan fingerprint density at radius 1 is 1.43 bits per heavy atom. The summed E-state index contributed by atoms with van der Waals surface area (Å²) in [7, 11) is 0. The first-order valence-electron chi connectivity index (χ1n) is 7.25. The van der Waals surface area contributed by atoms with Gasteiger partial charge in [-0.3, -0.25) is 4.79 Å². The van der Waals surface area contributed by atoms with E-state index in [9.17, 15) is 4.79 Å². The van der Waals surface area contributed by atoms with E-state index in [0.717, 1.165) is 14.9 Å². The zero-order valence-electron chi connectivity index (χ0n) is 13.3. The van der Waals surface area contributed by atoms with E-state index in [1.165, 1.54) is 5.56 Å². The molecule has 1 aromatic carbocycles. The number of thiophene rings is 1. The van der Waals surface area contributed by atoms with Crippen LogP contribution in [0.25, 0.3) is 0 Å². The van der Waals surface area contributed by atoms with Crippen molar-refractivity contribution in [3.05, 3.63) is 50.1 Å².